The average Bonchev–Trinajstić information content (AvgIpc) is 2.41. The van der Waals surface area contributed by atoms with Gasteiger partial charge < -0.3 is 14.8 Å². The monoisotopic (exact) mass is 249 g/mol. The maximum absolute atomic E-state index is 5.30. The van der Waals surface area contributed by atoms with Crippen LogP contribution in [0.25, 0.3) is 0 Å². The van der Waals surface area contributed by atoms with Gasteiger partial charge in [-0.2, -0.15) is 0 Å². The fraction of sp³-hybridized carbons (Fsp3) is 0.600. The molecule has 100 valence electrons. The second-order valence-corrected chi connectivity index (χ2v) is 5.21. The zero-order valence-electron chi connectivity index (χ0n) is 11.5. The van der Waals surface area contributed by atoms with Gasteiger partial charge >= 0.3 is 0 Å². The molecular weight excluding hydrogens is 226 g/mol. The molecule has 1 saturated heterocycles. The van der Waals surface area contributed by atoms with E-state index in [9.17, 15) is 0 Å². The van der Waals surface area contributed by atoms with E-state index in [4.69, 9.17) is 9.47 Å². The van der Waals surface area contributed by atoms with Crippen LogP contribution in [0.3, 0.4) is 0 Å². The Morgan fingerprint density at radius 2 is 1.78 bits per heavy atom. The quantitative estimate of drug-likeness (QED) is 0.890. The molecular formula is C15H23NO2. The van der Waals surface area contributed by atoms with Gasteiger partial charge in [-0.3, -0.25) is 0 Å². The first-order chi connectivity index (χ1) is 8.71. The first-order valence-electron chi connectivity index (χ1n) is 6.66. The van der Waals surface area contributed by atoms with Crippen LogP contribution in [-0.2, 0) is 6.42 Å². The summed E-state index contributed by atoms with van der Waals surface area (Å²) < 4.78 is 10.6. The zero-order chi connectivity index (χ0) is 13.0. The minimum atomic E-state index is 0.581. The van der Waals surface area contributed by atoms with E-state index in [2.05, 4.69) is 24.4 Å². The van der Waals surface area contributed by atoms with Gasteiger partial charge in [0.15, 0.2) is 0 Å². The third-order valence-corrected chi connectivity index (χ3v) is 3.66. The number of rotatable bonds is 4. The Morgan fingerprint density at radius 3 is 2.28 bits per heavy atom. The first kappa shape index (κ1) is 13.2. The molecule has 1 aliphatic rings. The minimum Gasteiger partial charge on any atom is -0.497 e. The normalized spacial score (nSPS) is 23.7. The number of benzene rings is 1. The predicted octanol–water partition coefficient (Wildman–Crippen LogP) is 2.63. The maximum Gasteiger partial charge on any atom is 0.122 e. The summed E-state index contributed by atoms with van der Waals surface area (Å²) in [4.78, 5) is 0. The summed E-state index contributed by atoms with van der Waals surface area (Å²) in [5.74, 6) is 2.54. The molecule has 0 aliphatic carbocycles. The Kier molecular flexibility index (Phi) is 4.48. The molecule has 1 aromatic rings. The molecule has 2 rings (SSSR count). The highest BCUT2D eigenvalue weighted by Gasteiger charge is 2.18. The molecule has 0 saturated carbocycles. The standard InChI is InChI=1S/C15H23NO2/c1-11-4-5-13(16-10-11)6-12-7-14(17-2)9-15(8-12)18-3/h7-9,11,13,16H,4-6,10H2,1-3H3. The molecule has 18 heavy (non-hydrogen) atoms. The van der Waals surface area contributed by atoms with Crippen LogP contribution in [0.1, 0.15) is 25.3 Å². The van der Waals surface area contributed by atoms with Crippen LogP contribution in [0.15, 0.2) is 18.2 Å². The lowest BCUT2D eigenvalue weighted by atomic mass is 9.92. The maximum atomic E-state index is 5.30. The fourth-order valence-electron chi connectivity index (χ4n) is 2.50. The van der Waals surface area contributed by atoms with Gasteiger partial charge in [-0.15, -0.1) is 0 Å². The third-order valence-electron chi connectivity index (χ3n) is 3.66. The Balaban J connectivity index is 2.03. The zero-order valence-corrected chi connectivity index (χ0v) is 11.5. The average molecular weight is 249 g/mol. The van der Waals surface area contributed by atoms with E-state index in [-0.39, 0.29) is 0 Å². The van der Waals surface area contributed by atoms with Crippen LogP contribution < -0.4 is 14.8 Å². The highest BCUT2D eigenvalue weighted by atomic mass is 16.5. The van der Waals surface area contributed by atoms with Gasteiger partial charge in [-0.05, 0) is 49.4 Å². The van der Waals surface area contributed by atoms with Crippen LogP contribution >= 0.6 is 0 Å². The Labute approximate surface area is 109 Å². The lowest BCUT2D eigenvalue weighted by Crippen LogP contribution is -2.39. The van der Waals surface area contributed by atoms with E-state index in [1.54, 1.807) is 14.2 Å². The lowest BCUT2D eigenvalue weighted by Gasteiger charge is -2.28. The van der Waals surface area contributed by atoms with E-state index in [0.717, 1.165) is 30.4 Å². The van der Waals surface area contributed by atoms with Crippen molar-refractivity contribution in [3.05, 3.63) is 23.8 Å². The molecule has 3 nitrogen and oxygen atoms in total. The smallest absolute Gasteiger partial charge is 0.122 e. The van der Waals surface area contributed by atoms with Crippen molar-refractivity contribution in [2.75, 3.05) is 20.8 Å². The van der Waals surface area contributed by atoms with Crippen molar-refractivity contribution in [1.82, 2.24) is 5.32 Å². The van der Waals surface area contributed by atoms with E-state index in [1.807, 2.05) is 6.07 Å². The van der Waals surface area contributed by atoms with Crippen LogP contribution in [0.5, 0.6) is 11.5 Å². The number of piperidine rings is 1. The molecule has 0 amide bonds. The van der Waals surface area contributed by atoms with Crippen LogP contribution in [0.2, 0.25) is 0 Å². The molecule has 0 radical (unpaired) electrons. The van der Waals surface area contributed by atoms with Gasteiger partial charge in [0.2, 0.25) is 0 Å². The summed E-state index contributed by atoms with van der Waals surface area (Å²) >= 11 is 0. The number of methoxy groups -OCH3 is 2. The van der Waals surface area contributed by atoms with Crippen molar-refractivity contribution in [2.45, 2.75) is 32.2 Å². The molecule has 1 fully saturated rings. The Morgan fingerprint density at radius 1 is 1.11 bits per heavy atom. The van der Waals surface area contributed by atoms with Gasteiger partial charge in [0, 0.05) is 12.1 Å². The van der Waals surface area contributed by atoms with Gasteiger partial charge in [-0.1, -0.05) is 6.92 Å². The van der Waals surface area contributed by atoms with Crippen molar-refractivity contribution in [3.8, 4) is 11.5 Å². The summed E-state index contributed by atoms with van der Waals surface area (Å²) in [5.41, 5.74) is 1.28. The van der Waals surface area contributed by atoms with Gasteiger partial charge in [0.25, 0.3) is 0 Å². The van der Waals surface area contributed by atoms with Gasteiger partial charge in [0.05, 0.1) is 14.2 Å². The van der Waals surface area contributed by atoms with E-state index >= 15 is 0 Å². The van der Waals surface area contributed by atoms with Crippen LogP contribution in [0.4, 0.5) is 0 Å². The largest absolute Gasteiger partial charge is 0.497 e. The highest BCUT2D eigenvalue weighted by Crippen LogP contribution is 2.25. The van der Waals surface area contributed by atoms with Crippen LogP contribution in [0, 0.1) is 5.92 Å². The summed E-state index contributed by atoms with van der Waals surface area (Å²) in [6.07, 6.45) is 3.61. The molecule has 1 heterocycles. The van der Waals surface area contributed by atoms with Crippen molar-refractivity contribution in [3.63, 3.8) is 0 Å². The first-order valence-corrected chi connectivity index (χ1v) is 6.66. The van der Waals surface area contributed by atoms with Crippen LogP contribution in [-0.4, -0.2) is 26.8 Å². The molecule has 2 unspecified atom stereocenters. The third kappa shape index (κ3) is 3.39. The molecule has 0 bridgehead atoms. The molecule has 0 aromatic heterocycles. The highest BCUT2D eigenvalue weighted by molar-refractivity contribution is 5.38. The van der Waals surface area contributed by atoms with Gasteiger partial charge in [-0.25, -0.2) is 0 Å². The van der Waals surface area contributed by atoms with E-state index < -0.39 is 0 Å². The Bertz CT molecular complexity index is 362. The molecule has 3 heteroatoms. The summed E-state index contributed by atoms with van der Waals surface area (Å²) in [7, 11) is 3.39. The fourth-order valence-corrected chi connectivity index (χ4v) is 2.50. The van der Waals surface area contributed by atoms with E-state index in [1.165, 1.54) is 18.4 Å². The van der Waals surface area contributed by atoms with Crippen molar-refractivity contribution < 1.29 is 9.47 Å². The summed E-state index contributed by atoms with van der Waals surface area (Å²) in [6, 6.07) is 6.70. The molecule has 1 aromatic carbocycles. The molecule has 2 atom stereocenters. The van der Waals surface area contributed by atoms with E-state index in [0.29, 0.717) is 6.04 Å². The van der Waals surface area contributed by atoms with Crippen molar-refractivity contribution >= 4 is 0 Å². The Hall–Kier alpha value is -1.22. The molecule has 1 aliphatic heterocycles. The lowest BCUT2D eigenvalue weighted by molar-refractivity contribution is 0.325. The number of nitrogens with one attached hydrogen (secondary N) is 1. The SMILES string of the molecule is COc1cc(CC2CCC(C)CN2)cc(OC)c1. The van der Waals surface area contributed by atoms with Crippen molar-refractivity contribution in [2.24, 2.45) is 5.92 Å². The summed E-state index contributed by atoms with van der Waals surface area (Å²) in [5, 5.41) is 3.61. The minimum absolute atomic E-state index is 0.581. The number of ether oxygens (including phenoxy) is 2. The summed E-state index contributed by atoms with van der Waals surface area (Å²) in [6.45, 7) is 3.43. The predicted molar refractivity (Wildman–Crippen MR) is 73.4 cm³/mol. The van der Waals surface area contributed by atoms with Gasteiger partial charge in [0.1, 0.15) is 11.5 Å². The second-order valence-electron chi connectivity index (χ2n) is 5.21. The number of hydrogen-bond acceptors (Lipinski definition) is 3. The second kappa shape index (κ2) is 6.10. The molecule has 1 N–H and O–H groups in total. The van der Waals surface area contributed by atoms with Crippen molar-refractivity contribution in [1.29, 1.82) is 0 Å². The topological polar surface area (TPSA) is 30.5 Å². The molecule has 0 spiro atoms. The number of hydrogen-bond donors (Lipinski definition) is 1.